The number of carbonyl (C=O) groups excluding carboxylic acids is 1. The van der Waals surface area contributed by atoms with Crippen molar-refractivity contribution < 1.29 is 28.6 Å². The van der Waals surface area contributed by atoms with Gasteiger partial charge in [-0.15, -0.1) is 0 Å². The Hall–Kier alpha value is -3.10. The lowest BCUT2D eigenvalue weighted by Crippen LogP contribution is -2.46. The molecule has 4 rings (SSSR count). The number of rotatable bonds is 5. The minimum absolute atomic E-state index is 0.00301. The monoisotopic (exact) mass is 460 g/mol. The van der Waals surface area contributed by atoms with Crippen LogP contribution < -0.4 is 15.5 Å². The molecule has 2 saturated carbocycles. The van der Waals surface area contributed by atoms with Crippen LogP contribution in [0, 0.1) is 5.82 Å². The van der Waals surface area contributed by atoms with E-state index in [1.165, 1.54) is 13.3 Å². The molecule has 0 atom stereocenters. The third-order valence-electron chi connectivity index (χ3n) is 6.27. The van der Waals surface area contributed by atoms with Gasteiger partial charge in [0.2, 0.25) is 5.43 Å². The molecule has 0 aliphatic heterocycles. The first-order chi connectivity index (χ1) is 15.5. The largest absolute Gasteiger partial charge is 0.494 e. The Morgan fingerprint density at radius 2 is 1.88 bits per heavy atom. The molecule has 178 valence electrons. The molecule has 2 aliphatic carbocycles. The van der Waals surface area contributed by atoms with Gasteiger partial charge < -0.3 is 24.5 Å². The molecule has 2 N–H and O–H groups in total. The number of amides is 1. The SMILES string of the molecule is COc1c(C2(NC(=O)OC(C)(C)C)CCCC2)c(F)cc2c(=O)c(C(=O)O)cn(C3CC3)c12. The first-order valence-electron chi connectivity index (χ1n) is 11.2. The molecule has 0 bridgehead atoms. The molecule has 0 radical (unpaired) electrons. The Bertz CT molecular complexity index is 1190. The normalized spacial score (nSPS) is 17.7. The zero-order valence-corrected chi connectivity index (χ0v) is 19.3. The summed E-state index contributed by atoms with van der Waals surface area (Å²) in [6.45, 7) is 5.25. The van der Waals surface area contributed by atoms with Crippen molar-refractivity contribution >= 4 is 23.0 Å². The van der Waals surface area contributed by atoms with E-state index in [1.807, 2.05) is 0 Å². The molecule has 1 aromatic carbocycles. The van der Waals surface area contributed by atoms with Crippen molar-refractivity contribution in [2.45, 2.75) is 76.5 Å². The van der Waals surface area contributed by atoms with Crippen LogP contribution in [0.3, 0.4) is 0 Å². The molecule has 2 fully saturated rings. The Labute approximate surface area is 190 Å². The Morgan fingerprint density at radius 1 is 1.24 bits per heavy atom. The third kappa shape index (κ3) is 4.16. The number of hydrogen-bond donors (Lipinski definition) is 2. The van der Waals surface area contributed by atoms with Crippen LogP contribution in [0.5, 0.6) is 5.75 Å². The summed E-state index contributed by atoms with van der Waals surface area (Å²) in [4.78, 5) is 37.3. The average molecular weight is 461 g/mol. The lowest BCUT2D eigenvalue weighted by Gasteiger charge is -2.34. The smallest absolute Gasteiger partial charge is 0.408 e. The van der Waals surface area contributed by atoms with Crippen LogP contribution in [0.4, 0.5) is 9.18 Å². The summed E-state index contributed by atoms with van der Waals surface area (Å²) in [5, 5.41) is 12.3. The van der Waals surface area contributed by atoms with Gasteiger partial charge in [-0.25, -0.2) is 14.0 Å². The van der Waals surface area contributed by atoms with Crippen LogP contribution in [0.25, 0.3) is 10.9 Å². The highest BCUT2D eigenvalue weighted by Crippen LogP contribution is 2.48. The maximum absolute atomic E-state index is 15.7. The summed E-state index contributed by atoms with van der Waals surface area (Å²) in [5.74, 6) is -1.94. The van der Waals surface area contributed by atoms with Crippen LogP contribution in [-0.4, -0.2) is 34.4 Å². The third-order valence-corrected chi connectivity index (χ3v) is 6.27. The highest BCUT2D eigenvalue weighted by Gasteiger charge is 2.44. The van der Waals surface area contributed by atoms with E-state index < -0.39 is 40.0 Å². The number of nitrogens with one attached hydrogen (secondary N) is 1. The number of carboxylic acid groups (broad SMARTS) is 1. The molecule has 0 unspecified atom stereocenters. The number of methoxy groups -OCH3 is 1. The molecule has 1 heterocycles. The van der Waals surface area contributed by atoms with Crippen LogP contribution >= 0.6 is 0 Å². The van der Waals surface area contributed by atoms with E-state index in [1.54, 1.807) is 25.3 Å². The maximum atomic E-state index is 15.7. The molecule has 8 nitrogen and oxygen atoms in total. The zero-order valence-electron chi connectivity index (χ0n) is 19.3. The maximum Gasteiger partial charge on any atom is 0.408 e. The van der Waals surface area contributed by atoms with Gasteiger partial charge in [-0.2, -0.15) is 0 Å². The van der Waals surface area contributed by atoms with Crippen molar-refractivity contribution in [2.24, 2.45) is 0 Å². The van der Waals surface area contributed by atoms with E-state index in [0.717, 1.165) is 31.7 Å². The first-order valence-corrected chi connectivity index (χ1v) is 11.2. The molecular weight excluding hydrogens is 431 g/mol. The van der Waals surface area contributed by atoms with Crippen LogP contribution in [-0.2, 0) is 10.3 Å². The summed E-state index contributed by atoms with van der Waals surface area (Å²) in [6, 6.07) is 1.08. The van der Waals surface area contributed by atoms with E-state index in [0.29, 0.717) is 18.4 Å². The van der Waals surface area contributed by atoms with E-state index in [-0.39, 0.29) is 22.7 Å². The lowest BCUT2D eigenvalue weighted by molar-refractivity contribution is 0.0449. The van der Waals surface area contributed by atoms with Gasteiger partial charge >= 0.3 is 12.1 Å². The molecule has 1 aromatic heterocycles. The van der Waals surface area contributed by atoms with Crippen molar-refractivity contribution in [3.63, 3.8) is 0 Å². The molecule has 2 aliphatic rings. The number of halogens is 1. The second kappa shape index (κ2) is 8.04. The Morgan fingerprint density at radius 3 is 2.39 bits per heavy atom. The number of fused-ring (bicyclic) bond motifs is 1. The second-order valence-corrected chi connectivity index (χ2v) is 9.89. The molecule has 2 aromatic rings. The van der Waals surface area contributed by atoms with Gasteiger partial charge in [0.1, 0.15) is 17.0 Å². The fourth-order valence-electron chi connectivity index (χ4n) is 4.81. The molecular formula is C24H29FN2O6. The van der Waals surface area contributed by atoms with E-state index >= 15 is 4.39 Å². The summed E-state index contributed by atoms with van der Waals surface area (Å²) in [6.07, 6.45) is 4.78. The zero-order chi connectivity index (χ0) is 24.1. The number of pyridine rings is 1. The number of benzene rings is 1. The van der Waals surface area contributed by atoms with Crippen molar-refractivity contribution in [1.29, 1.82) is 0 Å². The highest BCUT2D eigenvalue weighted by molar-refractivity contribution is 5.95. The van der Waals surface area contributed by atoms with E-state index in [2.05, 4.69) is 5.32 Å². The number of hydrogen-bond acceptors (Lipinski definition) is 5. The number of ether oxygens (including phenoxy) is 2. The van der Waals surface area contributed by atoms with Crippen LogP contribution in [0.2, 0.25) is 0 Å². The molecule has 0 spiro atoms. The number of alkyl carbamates (subject to hydrolysis) is 1. The van der Waals surface area contributed by atoms with Gasteiger partial charge in [-0.3, -0.25) is 4.79 Å². The van der Waals surface area contributed by atoms with Gasteiger partial charge in [0.25, 0.3) is 0 Å². The first kappa shape index (κ1) is 23.1. The van der Waals surface area contributed by atoms with Crippen molar-refractivity contribution in [1.82, 2.24) is 9.88 Å². The summed E-state index contributed by atoms with van der Waals surface area (Å²) >= 11 is 0. The van der Waals surface area contributed by atoms with Crippen LogP contribution in [0.1, 0.15) is 81.3 Å². The summed E-state index contributed by atoms with van der Waals surface area (Å²) in [5.41, 5.74) is -2.46. The van der Waals surface area contributed by atoms with Gasteiger partial charge in [-0.05, 0) is 52.5 Å². The summed E-state index contributed by atoms with van der Waals surface area (Å²) in [7, 11) is 1.39. The number of aromatic carboxylic acids is 1. The molecule has 9 heteroatoms. The molecule has 0 saturated heterocycles. The number of aromatic nitrogens is 1. The number of carboxylic acids is 1. The minimum atomic E-state index is -1.36. The van der Waals surface area contributed by atoms with Gasteiger partial charge in [0.05, 0.1) is 29.1 Å². The van der Waals surface area contributed by atoms with E-state index in [4.69, 9.17) is 9.47 Å². The van der Waals surface area contributed by atoms with Gasteiger partial charge in [0, 0.05) is 12.2 Å². The standard InChI is InChI=1S/C24H29FN2O6/c1-23(2,3)33-22(31)26-24(9-5-6-10-24)17-16(25)11-14-18(20(17)32-4)27(13-7-8-13)12-15(19(14)28)21(29)30/h11-13H,5-10H2,1-4H3,(H,26,31)(H,29,30). The van der Waals surface area contributed by atoms with Crippen LogP contribution in [0.15, 0.2) is 17.1 Å². The quantitative estimate of drug-likeness (QED) is 0.682. The average Bonchev–Trinajstić information content (AvgIpc) is 3.45. The molecule has 33 heavy (non-hydrogen) atoms. The Kier molecular flexibility index (Phi) is 5.62. The Balaban J connectivity index is 1.97. The highest BCUT2D eigenvalue weighted by atomic mass is 19.1. The predicted octanol–water partition coefficient (Wildman–Crippen LogP) is 4.48. The fraction of sp³-hybridized carbons (Fsp3) is 0.542. The second-order valence-electron chi connectivity index (χ2n) is 9.89. The molecule has 1 amide bonds. The fourth-order valence-corrected chi connectivity index (χ4v) is 4.81. The lowest BCUT2D eigenvalue weighted by atomic mass is 9.85. The predicted molar refractivity (Wildman–Crippen MR) is 119 cm³/mol. The topological polar surface area (TPSA) is 107 Å². The van der Waals surface area contributed by atoms with Crippen molar-refractivity contribution in [3.05, 3.63) is 39.4 Å². The number of nitrogens with zero attached hydrogens (tertiary/aromatic N) is 1. The van der Waals surface area contributed by atoms with Gasteiger partial charge in [-0.1, -0.05) is 12.8 Å². The van der Waals surface area contributed by atoms with Gasteiger partial charge in [0.15, 0.2) is 5.75 Å². The van der Waals surface area contributed by atoms with Crippen molar-refractivity contribution in [2.75, 3.05) is 7.11 Å². The van der Waals surface area contributed by atoms with Crippen molar-refractivity contribution in [3.8, 4) is 5.75 Å². The minimum Gasteiger partial charge on any atom is -0.494 e. The van der Waals surface area contributed by atoms with E-state index in [9.17, 15) is 19.5 Å². The summed E-state index contributed by atoms with van der Waals surface area (Å²) < 4.78 is 28.6. The number of carbonyl (C=O) groups is 2.